The van der Waals surface area contributed by atoms with E-state index >= 15 is 0 Å². The standard InChI is InChI=1S/C13H14ClNO/c1-2-10-7-13(16)15(8-10)9-11-3-5-12(14)6-4-11/h2-6,10H,1,7-9H2. The largest absolute Gasteiger partial charge is 0.338 e. The van der Waals surface area contributed by atoms with Crippen molar-refractivity contribution in [2.45, 2.75) is 13.0 Å². The van der Waals surface area contributed by atoms with Gasteiger partial charge in [-0.25, -0.2) is 0 Å². The van der Waals surface area contributed by atoms with Gasteiger partial charge in [-0.05, 0) is 17.7 Å². The van der Waals surface area contributed by atoms with Crippen molar-refractivity contribution in [2.75, 3.05) is 6.54 Å². The first kappa shape index (κ1) is 11.2. The Labute approximate surface area is 101 Å². The van der Waals surface area contributed by atoms with Gasteiger partial charge in [0.2, 0.25) is 5.91 Å². The van der Waals surface area contributed by atoms with E-state index in [4.69, 9.17) is 11.6 Å². The Kier molecular flexibility index (Phi) is 3.30. The first-order chi connectivity index (χ1) is 7.69. The molecule has 1 heterocycles. The van der Waals surface area contributed by atoms with Crippen molar-refractivity contribution in [1.82, 2.24) is 4.90 Å². The summed E-state index contributed by atoms with van der Waals surface area (Å²) in [6.45, 7) is 5.18. The lowest BCUT2D eigenvalue weighted by Gasteiger charge is -2.16. The van der Waals surface area contributed by atoms with E-state index in [0.29, 0.717) is 18.9 Å². The predicted octanol–water partition coefficient (Wildman–Crippen LogP) is 2.87. The molecule has 16 heavy (non-hydrogen) atoms. The minimum absolute atomic E-state index is 0.208. The van der Waals surface area contributed by atoms with Crippen LogP contribution in [0.1, 0.15) is 12.0 Å². The fourth-order valence-corrected chi connectivity index (χ4v) is 2.05. The second kappa shape index (κ2) is 4.71. The molecular formula is C13H14ClNO. The van der Waals surface area contributed by atoms with E-state index in [-0.39, 0.29) is 5.91 Å². The molecule has 1 aromatic carbocycles. The molecule has 0 saturated carbocycles. The molecule has 3 heteroatoms. The lowest BCUT2D eigenvalue weighted by Crippen LogP contribution is -2.24. The highest BCUT2D eigenvalue weighted by Crippen LogP contribution is 2.21. The van der Waals surface area contributed by atoms with Crippen molar-refractivity contribution in [3.63, 3.8) is 0 Å². The Hall–Kier alpha value is -1.28. The highest BCUT2D eigenvalue weighted by molar-refractivity contribution is 6.30. The van der Waals surface area contributed by atoms with E-state index in [1.54, 1.807) is 0 Å². The summed E-state index contributed by atoms with van der Waals surface area (Å²) in [5.74, 6) is 0.514. The van der Waals surface area contributed by atoms with Crippen LogP contribution in [0.2, 0.25) is 5.02 Å². The smallest absolute Gasteiger partial charge is 0.223 e. The number of nitrogens with zero attached hydrogens (tertiary/aromatic N) is 1. The van der Waals surface area contributed by atoms with Gasteiger partial charge in [0, 0.05) is 30.5 Å². The maximum Gasteiger partial charge on any atom is 0.223 e. The zero-order valence-electron chi connectivity index (χ0n) is 9.03. The summed E-state index contributed by atoms with van der Waals surface area (Å²) < 4.78 is 0. The second-order valence-corrected chi connectivity index (χ2v) is 4.54. The number of carbonyl (C=O) groups is 1. The minimum atomic E-state index is 0.208. The van der Waals surface area contributed by atoms with Crippen molar-refractivity contribution in [3.8, 4) is 0 Å². The molecule has 0 spiro atoms. The van der Waals surface area contributed by atoms with Crippen LogP contribution in [0.4, 0.5) is 0 Å². The summed E-state index contributed by atoms with van der Waals surface area (Å²) >= 11 is 5.81. The summed E-state index contributed by atoms with van der Waals surface area (Å²) in [4.78, 5) is 13.5. The summed E-state index contributed by atoms with van der Waals surface area (Å²) in [7, 11) is 0. The molecule has 1 fully saturated rings. The van der Waals surface area contributed by atoms with Crippen LogP contribution in [-0.2, 0) is 11.3 Å². The SMILES string of the molecule is C=CC1CC(=O)N(Cc2ccc(Cl)cc2)C1. The predicted molar refractivity (Wildman–Crippen MR) is 65.2 cm³/mol. The van der Waals surface area contributed by atoms with E-state index in [2.05, 4.69) is 6.58 Å². The molecule has 2 rings (SSSR count). The van der Waals surface area contributed by atoms with Crippen LogP contribution in [0, 0.1) is 5.92 Å². The molecule has 84 valence electrons. The number of rotatable bonds is 3. The number of hydrogen-bond acceptors (Lipinski definition) is 1. The number of likely N-dealkylation sites (tertiary alicyclic amines) is 1. The first-order valence-corrected chi connectivity index (χ1v) is 5.71. The van der Waals surface area contributed by atoms with Crippen LogP contribution in [0.3, 0.4) is 0 Å². The topological polar surface area (TPSA) is 20.3 Å². The molecule has 1 unspecified atom stereocenters. The Bertz CT molecular complexity index is 399. The lowest BCUT2D eigenvalue weighted by atomic mass is 10.1. The third-order valence-corrected chi connectivity index (χ3v) is 3.12. The van der Waals surface area contributed by atoms with Crippen LogP contribution in [-0.4, -0.2) is 17.4 Å². The van der Waals surface area contributed by atoms with E-state index < -0.39 is 0 Å². The Morgan fingerprint density at radius 3 is 2.69 bits per heavy atom. The molecule has 1 amide bonds. The highest BCUT2D eigenvalue weighted by Gasteiger charge is 2.27. The van der Waals surface area contributed by atoms with E-state index in [1.807, 2.05) is 35.2 Å². The highest BCUT2D eigenvalue weighted by atomic mass is 35.5. The van der Waals surface area contributed by atoms with E-state index in [0.717, 1.165) is 17.1 Å². The van der Waals surface area contributed by atoms with Gasteiger partial charge in [-0.3, -0.25) is 4.79 Å². The second-order valence-electron chi connectivity index (χ2n) is 4.10. The number of carbonyl (C=O) groups excluding carboxylic acids is 1. The summed E-state index contributed by atoms with van der Waals surface area (Å²) in [5.41, 5.74) is 1.11. The van der Waals surface area contributed by atoms with Crippen LogP contribution in [0.25, 0.3) is 0 Å². The van der Waals surface area contributed by atoms with Gasteiger partial charge < -0.3 is 4.90 Å². The Morgan fingerprint density at radius 1 is 1.44 bits per heavy atom. The molecule has 2 nitrogen and oxygen atoms in total. The van der Waals surface area contributed by atoms with Gasteiger partial charge >= 0.3 is 0 Å². The zero-order valence-corrected chi connectivity index (χ0v) is 9.78. The quantitative estimate of drug-likeness (QED) is 0.738. The van der Waals surface area contributed by atoms with Gasteiger partial charge in [0.15, 0.2) is 0 Å². The average Bonchev–Trinajstić information content (AvgIpc) is 2.63. The summed E-state index contributed by atoms with van der Waals surface area (Å²) in [6.07, 6.45) is 2.46. The molecule has 0 bridgehead atoms. The number of benzene rings is 1. The van der Waals surface area contributed by atoms with Gasteiger partial charge in [0.25, 0.3) is 0 Å². The van der Waals surface area contributed by atoms with Gasteiger partial charge in [0.05, 0.1) is 0 Å². The molecular weight excluding hydrogens is 222 g/mol. The molecule has 1 saturated heterocycles. The molecule has 0 N–H and O–H groups in total. The van der Waals surface area contributed by atoms with E-state index in [1.165, 1.54) is 0 Å². The number of hydrogen-bond donors (Lipinski definition) is 0. The van der Waals surface area contributed by atoms with Gasteiger partial charge in [0.1, 0.15) is 0 Å². The van der Waals surface area contributed by atoms with Crippen molar-refractivity contribution >= 4 is 17.5 Å². The third-order valence-electron chi connectivity index (χ3n) is 2.86. The fraction of sp³-hybridized carbons (Fsp3) is 0.308. The maximum atomic E-state index is 11.7. The normalized spacial score (nSPS) is 20.2. The summed E-state index contributed by atoms with van der Waals surface area (Å²) in [5, 5.41) is 0.723. The van der Waals surface area contributed by atoms with Gasteiger partial charge in [-0.15, -0.1) is 6.58 Å². The van der Waals surface area contributed by atoms with Gasteiger partial charge in [-0.2, -0.15) is 0 Å². The number of amides is 1. The monoisotopic (exact) mass is 235 g/mol. The van der Waals surface area contributed by atoms with E-state index in [9.17, 15) is 4.79 Å². The molecule has 1 aliphatic heterocycles. The van der Waals surface area contributed by atoms with Crippen molar-refractivity contribution in [1.29, 1.82) is 0 Å². The summed E-state index contributed by atoms with van der Waals surface area (Å²) in [6, 6.07) is 7.61. The van der Waals surface area contributed by atoms with Crippen LogP contribution in [0.15, 0.2) is 36.9 Å². The zero-order chi connectivity index (χ0) is 11.5. The number of halogens is 1. The minimum Gasteiger partial charge on any atom is -0.338 e. The third kappa shape index (κ3) is 2.45. The Morgan fingerprint density at radius 2 is 2.12 bits per heavy atom. The van der Waals surface area contributed by atoms with Crippen LogP contribution < -0.4 is 0 Å². The molecule has 1 aromatic rings. The molecule has 1 atom stereocenters. The van der Waals surface area contributed by atoms with Crippen LogP contribution in [0.5, 0.6) is 0 Å². The van der Waals surface area contributed by atoms with Crippen molar-refractivity contribution in [3.05, 3.63) is 47.5 Å². The molecule has 1 aliphatic rings. The Balaban J connectivity index is 2.02. The molecule has 0 aromatic heterocycles. The fourth-order valence-electron chi connectivity index (χ4n) is 1.92. The lowest BCUT2D eigenvalue weighted by molar-refractivity contribution is -0.128. The van der Waals surface area contributed by atoms with Gasteiger partial charge in [-0.1, -0.05) is 29.8 Å². The first-order valence-electron chi connectivity index (χ1n) is 5.34. The average molecular weight is 236 g/mol. The maximum absolute atomic E-state index is 11.7. The van der Waals surface area contributed by atoms with Crippen molar-refractivity contribution < 1.29 is 4.79 Å². The van der Waals surface area contributed by atoms with Crippen molar-refractivity contribution in [2.24, 2.45) is 5.92 Å². The van der Waals surface area contributed by atoms with Crippen LogP contribution >= 0.6 is 11.6 Å². The molecule has 0 radical (unpaired) electrons. The molecule has 0 aliphatic carbocycles.